The summed E-state index contributed by atoms with van der Waals surface area (Å²) >= 11 is 0. The van der Waals surface area contributed by atoms with Crippen LogP contribution in [0.3, 0.4) is 0 Å². The lowest BCUT2D eigenvalue weighted by Crippen LogP contribution is -2.33. The smallest absolute Gasteiger partial charge is 0.237 e. The molecule has 1 aromatic rings. The zero-order valence-electron chi connectivity index (χ0n) is 12.3. The van der Waals surface area contributed by atoms with Crippen molar-refractivity contribution < 1.29 is 13.5 Å². The Morgan fingerprint density at radius 1 is 1.25 bits per heavy atom. The summed E-state index contributed by atoms with van der Waals surface area (Å²) in [5.41, 5.74) is 2.16. The average molecular weight is 295 g/mol. The second-order valence-electron chi connectivity index (χ2n) is 5.58. The molecule has 0 fully saturated rings. The number of hydrogen-bond acceptors (Lipinski definition) is 3. The molecule has 110 valence electrons. The highest BCUT2D eigenvalue weighted by Crippen LogP contribution is 2.21. The topological polar surface area (TPSA) is 66.4 Å². The van der Waals surface area contributed by atoms with Crippen LogP contribution >= 0.6 is 0 Å². The summed E-state index contributed by atoms with van der Waals surface area (Å²) < 4.78 is 26.0. The van der Waals surface area contributed by atoms with Gasteiger partial charge in [-0.3, -0.25) is 4.72 Å². The number of nitrogens with one attached hydrogen (secondary N) is 1. The highest BCUT2D eigenvalue weighted by Gasteiger charge is 2.28. The summed E-state index contributed by atoms with van der Waals surface area (Å²) in [7, 11) is -3.45. The molecule has 5 heteroatoms. The predicted molar refractivity (Wildman–Crippen MR) is 82.1 cm³/mol. The predicted octanol–water partition coefficient (Wildman–Crippen LogP) is 2.27. The number of aryl methyl sites for hydroxylation is 1. The largest absolute Gasteiger partial charge is 0.395 e. The quantitative estimate of drug-likeness (QED) is 0.841. The first-order valence-electron chi connectivity index (χ1n) is 6.39. The Hall–Kier alpha value is -1.51. The van der Waals surface area contributed by atoms with Gasteiger partial charge in [0.25, 0.3) is 0 Å². The first-order chi connectivity index (χ1) is 9.15. The van der Waals surface area contributed by atoms with Gasteiger partial charge in [0.15, 0.2) is 0 Å². The lowest BCUT2D eigenvalue weighted by Gasteiger charge is -2.20. The molecular weight excluding hydrogens is 274 g/mol. The Bertz CT molecular complexity index is 631. The van der Waals surface area contributed by atoms with Gasteiger partial charge in [-0.15, -0.1) is 0 Å². The van der Waals surface area contributed by atoms with Crippen molar-refractivity contribution >= 4 is 15.7 Å². The third-order valence-electron chi connectivity index (χ3n) is 2.61. The molecule has 0 saturated carbocycles. The Balaban J connectivity index is 3.07. The van der Waals surface area contributed by atoms with Crippen LogP contribution in [0, 0.1) is 18.8 Å². The second-order valence-corrected chi connectivity index (χ2v) is 8.02. The highest BCUT2D eigenvalue weighted by atomic mass is 32.2. The molecule has 0 radical (unpaired) electrons. The van der Waals surface area contributed by atoms with Crippen LogP contribution in [0.4, 0.5) is 5.69 Å². The van der Waals surface area contributed by atoms with E-state index < -0.39 is 14.8 Å². The minimum atomic E-state index is -3.45. The maximum absolute atomic E-state index is 12.1. The van der Waals surface area contributed by atoms with Crippen LogP contribution in [0.1, 0.15) is 38.3 Å². The maximum Gasteiger partial charge on any atom is 0.237 e. The number of benzene rings is 1. The minimum absolute atomic E-state index is 0.0162. The fourth-order valence-corrected chi connectivity index (χ4v) is 2.18. The van der Waals surface area contributed by atoms with E-state index in [2.05, 4.69) is 16.6 Å². The minimum Gasteiger partial charge on any atom is -0.395 e. The van der Waals surface area contributed by atoms with Crippen molar-refractivity contribution in [3.63, 3.8) is 0 Å². The summed E-state index contributed by atoms with van der Waals surface area (Å²) in [6.45, 7) is 6.84. The van der Waals surface area contributed by atoms with Gasteiger partial charge in [-0.1, -0.05) is 11.8 Å². The molecule has 0 heterocycles. The number of sulfonamides is 1. The molecule has 0 aliphatic carbocycles. The number of aliphatic hydroxyl groups is 1. The molecule has 0 unspecified atom stereocenters. The second kappa shape index (κ2) is 6.29. The Labute approximate surface area is 121 Å². The molecule has 0 aliphatic rings. The molecule has 4 nitrogen and oxygen atoms in total. The summed E-state index contributed by atoms with van der Waals surface area (Å²) in [4.78, 5) is 0. The molecule has 1 aromatic carbocycles. The number of hydrogen-bond donors (Lipinski definition) is 2. The molecule has 0 saturated heterocycles. The van der Waals surface area contributed by atoms with E-state index in [4.69, 9.17) is 5.11 Å². The zero-order chi connectivity index (χ0) is 15.4. The molecule has 0 aromatic heterocycles. The van der Waals surface area contributed by atoms with Gasteiger partial charge < -0.3 is 5.11 Å². The molecule has 2 N–H and O–H groups in total. The summed E-state index contributed by atoms with van der Waals surface area (Å²) in [6.07, 6.45) is 0.400. The van der Waals surface area contributed by atoms with Gasteiger partial charge in [-0.05, 0) is 51.5 Å². The third kappa shape index (κ3) is 4.55. The Morgan fingerprint density at radius 2 is 1.90 bits per heavy atom. The van der Waals surface area contributed by atoms with Crippen molar-refractivity contribution in [2.24, 2.45) is 0 Å². The van der Waals surface area contributed by atoms with Crippen molar-refractivity contribution in [3.05, 3.63) is 29.3 Å². The fourth-order valence-electron chi connectivity index (χ4n) is 1.44. The summed E-state index contributed by atoms with van der Waals surface area (Å²) in [5, 5.41) is 8.70. The molecule has 0 bridgehead atoms. The molecule has 0 amide bonds. The van der Waals surface area contributed by atoms with Crippen LogP contribution in [0.2, 0.25) is 0 Å². The molecule has 0 spiro atoms. The van der Waals surface area contributed by atoms with Crippen molar-refractivity contribution in [1.82, 2.24) is 0 Å². The van der Waals surface area contributed by atoms with Crippen LogP contribution in [0.25, 0.3) is 0 Å². The van der Waals surface area contributed by atoms with E-state index >= 15 is 0 Å². The van der Waals surface area contributed by atoms with Crippen molar-refractivity contribution in [1.29, 1.82) is 0 Å². The van der Waals surface area contributed by atoms with Crippen LogP contribution in [0.15, 0.2) is 18.2 Å². The number of aliphatic hydroxyl groups excluding tert-OH is 1. The normalized spacial score (nSPS) is 11.7. The third-order valence-corrected chi connectivity index (χ3v) is 4.72. The monoisotopic (exact) mass is 295 g/mol. The lowest BCUT2D eigenvalue weighted by atomic mass is 10.1. The van der Waals surface area contributed by atoms with Crippen LogP contribution in [0.5, 0.6) is 0 Å². The highest BCUT2D eigenvalue weighted by molar-refractivity contribution is 7.94. The summed E-state index contributed by atoms with van der Waals surface area (Å²) in [6, 6.07) is 5.33. The Kier molecular flexibility index (Phi) is 5.21. The maximum atomic E-state index is 12.1. The number of anilines is 1. The lowest BCUT2D eigenvalue weighted by molar-refractivity contribution is 0.305. The van der Waals surface area contributed by atoms with Gasteiger partial charge in [-0.2, -0.15) is 0 Å². The van der Waals surface area contributed by atoms with E-state index in [1.165, 1.54) is 0 Å². The van der Waals surface area contributed by atoms with Gasteiger partial charge in [0, 0.05) is 17.7 Å². The van der Waals surface area contributed by atoms with E-state index in [1.54, 1.807) is 32.9 Å². The standard InChI is InChI=1S/C15H21NO3S/c1-12-9-13(7-5-6-8-17)11-14(10-12)16-20(18,19)15(2,3)4/h9-11,16-17H,6,8H2,1-4H3. The van der Waals surface area contributed by atoms with E-state index in [0.29, 0.717) is 12.1 Å². The van der Waals surface area contributed by atoms with E-state index in [9.17, 15) is 8.42 Å². The van der Waals surface area contributed by atoms with Crippen LogP contribution < -0.4 is 4.72 Å². The van der Waals surface area contributed by atoms with Crippen LogP contribution in [-0.4, -0.2) is 24.9 Å². The van der Waals surface area contributed by atoms with Crippen molar-refractivity contribution in [3.8, 4) is 11.8 Å². The molecular formula is C15H21NO3S. The van der Waals surface area contributed by atoms with Gasteiger partial charge in [0.1, 0.15) is 0 Å². The van der Waals surface area contributed by atoms with Gasteiger partial charge in [-0.25, -0.2) is 8.42 Å². The average Bonchev–Trinajstić information content (AvgIpc) is 2.26. The molecule has 0 aliphatic heterocycles. The molecule has 20 heavy (non-hydrogen) atoms. The fraction of sp³-hybridized carbons (Fsp3) is 0.467. The first-order valence-corrected chi connectivity index (χ1v) is 7.88. The van der Waals surface area contributed by atoms with Crippen molar-refractivity contribution in [2.75, 3.05) is 11.3 Å². The van der Waals surface area contributed by atoms with Gasteiger partial charge in [0.05, 0.1) is 11.4 Å². The Morgan fingerprint density at radius 3 is 2.45 bits per heavy atom. The first kappa shape index (κ1) is 16.5. The molecule has 1 rings (SSSR count). The van der Waals surface area contributed by atoms with E-state index in [-0.39, 0.29) is 6.61 Å². The number of rotatable bonds is 3. The molecule has 0 atom stereocenters. The SMILES string of the molecule is Cc1cc(C#CCCO)cc(NS(=O)(=O)C(C)(C)C)c1. The van der Waals surface area contributed by atoms with E-state index in [1.807, 2.05) is 13.0 Å². The summed E-state index contributed by atoms with van der Waals surface area (Å²) in [5.74, 6) is 5.73. The van der Waals surface area contributed by atoms with Gasteiger partial charge >= 0.3 is 0 Å². The van der Waals surface area contributed by atoms with Crippen LogP contribution in [-0.2, 0) is 10.0 Å². The zero-order valence-corrected chi connectivity index (χ0v) is 13.1. The van der Waals surface area contributed by atoms with E-state index in [0.717, 1.165) is 11.1 Å². The van der Waals surface area contributed by atoms with Gasteiger partial charge in [0.2, 0.25) is 10.0 Å². The van der Waals surface area contributed by atoms with Crippen molar-refractivity contribution in [2.45, 2.75) is 38.9 Å².